The molecule has 5 heteroatoms. The third-order valence-corrected chi connectivity index (χ3v) is 3.64. The predicted octanol–water partition coefficient (Wildman–Crippen LogP) is 2.45. The van der Waals surface area contributed by atoms with Gasteiger partial charge < -0.3 is 15.2 Å². The van der Waals surface area contributed by atoms with Crippen molar-refractivity contribution in [3.05, 3.63) is 29.8 Å². The highest BCUT2D eigenvalue weighted by molar-refractivity contribution is 5.78. The van der Waals surface area contributed by atoms with Gasteiger partial charge in [0.15, 0.2) is 6.61 Å². The second kappa shape index (κ2) is 8.29. The minimum absolute atomic E-state index is 0.0264. The maximum Gasteiger partial charge on any atom is 0.341 e. The summed E-state index contributed by atoms with van der Waals surface area (Å²) in [5.41, 5.74) is 0.877. The van der Waals surface area contributed by atoms with E-state index < -0.39 is 5.97 Å². The van der Waals surface area contributed by atoms with E-state index in [4.69, 9.17) is 9.84 Å². The molecule has 5 nitrogen and oxygen atoms in total. The van der Waals surface area contributed by atoms with Crippen LogP contribution in [0.5, 0.6) is 5.75 Å². The second-order valence-corrected chi connectivity index (χ2v) is 5.22. The fourth-order valence-corrected chi connectivity index (χ4v) is 1.85. The fraction of sp³-hybridized carbons (Fsp3) is 0.500. The van der Waals surface area contributed by atoms with Gasteiger partial charge in [0, 0.05) is 12.5 Å². The number of carboxylic acid groups (broad SMARTS) is 1. The van der Waals surface area contributed by atoms with E-state index in [9.17, 15) is 9.59 Å². The van der Waals surface area contributed by atoms with Crippen molar-refractivity contribution in [3.63, 3.8) is 0 Å². The predicted molar refractivity (Wildman–Crippen MR) is 80.0 cm³/mol. The third-order valence-electron chi connectivity index (χ3n) is 3.64. The number of carbonyl (C=O) groups is 2. The largest absolute Gasteiger partial charge is 0.482 e. The fourth-order valence-electron chi connectivity index (χ4n) is 1.85. The lowest BCUT2D eigenvalue weighted by molar-refractivity contribution is -0.139. The molecule has 0 spiro atoms. The number of benzene rings is 1. The smallest absolute Gasteiger partial charge is 0.341 e. The minimum atomic E-state index is -1.02. The molecule has 2 unspecified atom stereocenters. The number of hydrogen-bond acceptors (Lipinski definition) is 3. The molecule has 0 aromatic heterocycles. The summed E-state index contributed by atoms with van der Waals surface area (Å²) in [6, 6.07) is 7.06. The number of rotatable bonds is 8. The molecule has 1 aromatic carbocycles. The lowest BCUT2D eigenvalue weighted by atomic mass is 9.93. The molecule has 1 aromatic rings. The monoisotopic (exact) mass is 293 g/mol. The zero-order valence-electron chi connectivity index (χ0n) is 12.8. The van der Waals surface area contributed by atoms with Crippen LogP contribution >= 0.6 is 0 Å². The van der Waals surface area contributed by atoms with Crippen LogP contribution in [-0.4, -0.2) is 23.6 Å². The van der Waals surface area contributed by atoms with Crippen molar-refractivity contribution in [1.29, 1.82) is 0 Å². The van der Waals surface area contributed by atoms with Crippen LogP contribution in [0.15, 0.2) is 24.3 Å². The molecule has 116 valence electrons. The zero-order valence-corrected chi connectivity index (χ0v) is 12.8. The van der Waals surface area contributed by atoms with Crippen LogP contribution in [0.4, 0.5) is 0 Å². The van der Waals surface area contributed by atoms with Gasteiger partial charge in [-0.05, 0) is 23.6 Å². The standard InChI is InChI=1S/C16H23NO4/c1-4-11(2)12(3)16(20)17-9-13-6-5-7-14(8-13)21-10-15(18)19/h5-8,11-12H,4,9-10H2,1-3H3,(H,17,20)(H,18,19). The summed E-state index contributed by atoms with van der Waals surface area (Å²) in [6.07, 6.45) is 0.965. The average molecular weight is 293 g/mol. The van der Waals surface area contributed by atoms with Gasteiger partial charge in [-0.1, -0.05) is 39.3 Å². The lowest BCUT2D eigenvalue weighted by Gasteiger charge is -2.17. The van der Waals surface area contributed by atoms with Crippen molar-refractivity contribution >= 4 is 11.9 Å². The summed E-state index contributed by atoms with van der Waals surface area (Å²) < 4.78 is 5.11. The summed E-state index contributed by atoms with van der Waals surface area (Å²) in [6.45, 7) is 6.09. The Morgan fingerprint density at radius 3 is 2.67 bits per heavy atom. The highest BCUT2D eigenvalue weighted by atomic mass is 16.5. The summed E-state index contributed by atoms with van der Waals surface area (Å²) >= 11 is 0. The molecule has 1 amide bonds. The van der Waals surface area contributed by atoms with E-state index in [0.29, 0.717) is 18.2 Å². The van der Waals surface area contributed by atoms with Crippen LogP contribution < -0.4 is 10.1 Å². The quantitative estimate of drug-likeness (QED) is 0.772. The molecule has 21 heavy (non-hydrogen) atoms. The van der Waals surface area contributed by atoms with Crippen molar-refractivity contribution in [1.82, 2.24) is 5.32 Å². The van der Waals surface area contributed by atoms with Crippen molar-refractivity contribution in [2.75, 3.05) is 6.61 Å². The summed E-state index contributed by atoms with van der Waals surface area (Å²) in [4.78, 5) is 22.5. The Hall–Kier alpha value is -2.04. The molecule has 0 fully saturated rings. The third kappa shape index (κ3) is 5.85. The van der Waals surface area contributed by atoms with E-state index in [2.05, 4.69) is 19.2 Å². The number of nitrogens with one attached hydrogen (secondary N) is 1. The van der Waals surface area contributed by atoms with E-state index in [1.807, 2.05) is 13.0 Å². The van der Waals surface area contributed by atoms with E-state index in [-0.39, 0.29) is 18.4 Å². The van der Waals surface area contributed by atoms with Gasteiger partial charge in [0.05, 0.1) is 0 Å². The van der Waals surface area contributed by atoms with Crippen molar-refractivity contribution in [2.45, 2.75) is 33.7 Å². The van der Waals surface area contributed by atoms with Gasteiger partial charge in [0.2, 0.25) is 5.91 Å². The first-order valence-corrected chi connectivity index (χ1v) is 7.15. The average Bonchev–Trinajstić information content (AvgIpc) is 2.49. The van der Waals surface area contributed by atoms with Gasteiger partial charge in [-0.15, -0.1) is 0 Å². The minimum Gasteiger partial charge on any atom is -0.482 e. The first-order chi connectivity index (χ1) is 9.93. The molecular formula is C16H23NO4. The molecule has 0 heterocycles. The zero-order chi connectivity index (χ0) is 15.8. The molecule has 0 saturated heterocycles. The molecular weight excluding hydrogens is 270 g/mol. The second-order valence-electron chi connectivity index (χ2n) is 5.22. The van der Waals surface area contributed by atoms with Crippen LogP contribution in [0.25, 0.3) is 0 Å². The summed E-state index contributed by atoms with van der Waals surface area (Å²) in [7, 11) is 0. The molecule has 0 bridgehead atoms. The highest BCUT2D eigenvalue weighted by Crippen LogP contribution is 2.16. The number of hydrogen-bond donors (Lipinski definition) is 2. The Labute approximate surface area is 125 Å². The Morgan fingerprint density at radius 1 is 1.33 bits per heavy atom. The molecule has 0 aliphatic rings. The maximum atomic E-state index is 12.0. The van der Waals surface area contributed by atoms with Crippen LogP contribution in [-0.2, 0) is 16.1 Å². The number of ether oxygens (including phenoxy) is 1. The van der Waals surface area contributed by atoms with Crippen molar-refractivity contribution in [2.24, 2.45) is 11.8 Å². The molecule has 2 atom stereocenters. The molecule has 0 aliphatic carbocycles. The van der Waals surface area contributed by atoms with Gasteiger partial charge in [0.25, 0.3) is 0 Å². The Morgan fingerprint density at radius 2 is 2.05 bits per heavy atom. The molecule has 0 radical (unpaired) electrons. The van der Waals surface area contributed by atoms with Crippen molar-refractivity contribution < 1.29 is 19.4 Å². The summed E-state index contributed by atoms with van der Waals surface area (Å²) in [5.74, 6) is -0.187. The topological polar surface area (TPSA) is 75.6 Å². The Kier molecular flexibility index (Phi) is 6.72. The molecule has 0 aliphatic heterocycles. The molecule has 0 saturated carbocycles. The first kappa shape index (κ1) is 17.0. The molecule has 2 N–H and O–H groups in total. The Balaban J connectivity index is 2.53. The summed E-state index contributed by atoms with van der Waals surface area (Å²) in [5, 5.41) is 11.5. The van der Waals surface area contributed by atoms with Gasteiger partial charge in [-0.2, -0.15) is 0 Å². The van der Waals surface area contributed by atoms with Gasteiger partial charge in [0.1, 0.15) is 5.75 Å². The number of carbonyl (C=O) groups excluding carboxylic acids is 1. The van der Waals surface area contributed by atoms with Crippen LogP contribution in [0.2, 0.25) is 0 Å². The maximum absolute atomic E-state index is 12.0. The van der Waals surface area contributed by atoms with Crippen LogP contribution in [0.3, 0.4) is 0 Å². The molecule has 1 rings (SSSR count). The number of amides is 1. The number of aliphatic carboxylic acids is 1. The SMILES string of the molecule is CCC(C)C(C)C(=O)NCc1cccc(OCC(=O)O)c1. The van der Waals surface area contributed by atoms with Crippen molar-refractivity contribution in [3.8, 4) is 5.75 Å². The highest BCUT2D eigenvalue weighted by Gasteiger charge is 2.18. The van der Waals surface area contributed by atoms with Gasteiger partial charge >= 0.3 is 5.97 Å². The number of carboxylic acids is 1. The van der Waals surface area contributed by atoms with Gasteiger partial charge in [-0.3, -0.25) is 4.79 Å². The van der Waals surface area contributed by atoms with E-state index >= 15 is 0 Å². The Bertz CT molecular complexity index is 487. The van der Waals surface area contributed by atoms with E-state index in [0.717, 1.165) is 12.0 Å². The van der Waals surface area contributed by atoms with E-state index in [1.165, 1.54) is 0 Å². The first-order valence-electron chi connectivity index (χ1n) is 7.15. The van der Waals surface area contributed by atoms with Gasteiger partial charge in [-0.25, -0.2) is 4.79 Å². The lowest BCUT2D eigenvalue weighted by Crippen LogP contribution is -2.32. The van der Waals surface area contributed by atoms with Crippen LogP contribution in [0.1, 0.15) is 32.8 Å². The van der Waals surface area contributed by atoms with E-state index in [1.54, 1.807) is 18.2 Å². The van der Waals surface area contributed by atoms with Crippen LogP contribution in [0, 0.1) is 11.8 Å². The normalized spacial score (nSPS) is 13.3.